The van der Waals surface area contributed by atoms with Gasteiger partial charge in [-0.15, -0.1) is 0 Å². The fourth-order valence-corrected chi connectivity index (χ4v) is 5.58. The summed E-state index contributed by atoms with van der Waals surface area (Å²) in [5.74, 6) is -1.69. The highest BCUT2D eigenvalue weighted by atomic mass is 16.6. The Morgan fingerprint density at radius 2 is 1.16 bits per heavy atom. The normalized spacial score (nSPS) is 18.0. The third-order valence-corrected chi connectivity index (χ3v) is 8.27. The minimum absolute atomic E-state index is 0.00126. The van der Waals surface area contributed by atoms with Crippen LogP contribution in [0, 0.1) is 11.8 Å². The van der Waals surface area contributed by atoms with Crippen LogP contribution in [0.4, 0.5) is 4.79 Å². The number of hydrogen-bond acceptors (Lipinski definition) is 7. The number of carbonyl (C=O) groups is 5. The summed E-state index contributed by atoms with van der Waals surface area (Å²) >= 11 is 0. The maximum Gasteiger partial charge on any atom is 0.408 e. The van der Waals surface area contributed by atoms with Crippen LogP contribution in [0.5, 0.6) is 0 Å². The minimum Gasteiger partial charge on any atom is -0.444 e. The molecule has 1 aliphatic rings. The van der Waals surface area contributed by atoms with Gasteiger partial charge in [0.25, 0.3) is 0 Å². The van der Waals surface area contributed by atoms with Gasteiger partial charge in [0.15, 0.2) is 5.78 Å². The summed E-state index contributed by atoms with van der Waals surface area (Å²) in [5.41, 5.74) is 0.0894. The maximum atomic E-state index is 14.0. The fraction of sp³-hybridized carbons (Fsp3) is 0.564. The number of hydrogen-bond donors (Lipinski definition) is 4. The molecule has 1 aliphatic heterocycles. The molecule has 50 heavy (non-hydrogen) atoms. The average molecular weight is 693 g/mol. The Morgan fingerprint density at radius 3 is 1.68 bits per heavy atom. The van der Waals surface area contributed by atoms with E-state index in [9.17, 15) is 24.0 Å². The van der Waals surface area contributed by atoms with Crippen molar-refractivity contribution in [3.05, 3.63) is 71.8 Å². The summed E-state index contributed by atoms with van der Waals surface area (Å²) in [6.45, 7) is 15.0. The van der Waals surface area contributed by atoms with Crippen LogP contribution in [0.15, 0.2) is 60.7 Å². The van der Waals surface area contributed by atoms with Crippen molar-refractivity contribution in [3.63, 3.8) is 0 Å². The van der Waals surface area contributed by atoms with Gasteiger partial charge in [0.2, 0.25) is 17.7 Å². The van der Waals surface area contributed by atoms with Gasteiger partial charge in [-0.05, 0) is 76.3 Å². The van der Waals surface area contributed by atoms with Gasteiger partial charge >= 0.3 is 6.09 Å². The van der Waals surface area contributed by atoms with Crippen molar-refractivity contribution in [2.75, 3.05) is 6.61 Å². The Labute approximate surface area is 297 Å². The Morgan fingerprint density at radius 1 is 0.700 bits per heavy atom. The zero-order valence-electron chi connectivity index (χ0n) is 30.8. The zero-order chi connectivity index (χ0) is 37.1. The van der Waals surface area contributed by atoms with Crippen LogP contribution >= 0.6 is 0 Å². The number of alkyl carbamates (subject to hydrolysis) is 1. The lowest BCUT2D eigenvalue weighted by Gasteiger charge is -2.28. The van der Waals surface area contributed by atoms with Crippen LogP contribution in [0.1, 0.15) is 85.8 Å². The van der Waals surface area contributed by atoms with Gasteiger partial charge in [-0.2, -0.15) is 0 Å². The fourth-order valence-electron chi connectivity index (χ4n) is 5.58. The van der Waals surface area contributed by atoms with Crippen molar-refractivity contribution >= 4 is 29.6 Å². The molecule has 1 saturated heterocycles. The number of ether oxygens (including phenoxy) is 2. The van der Waals surface area contributed by atoms with E-state index in [4.69, 9.17) is 9.47 Å². The summed E-state index contributed by atoms with van der Waals surface area (Å²) in [5, 5.41) is 11.3. The second kappa shape index (κ2) is 18.1. The Kier molecular flexibility index (Phi) is 14.6. The van der Waals surface area contributed by atoms with Crippen LogP contribution < -0.4 is 21.3 Å². The molecule has 3 rings (SSSR count). The van der Waals surface area contributed by atoms with E-state index in [0.717, 1.165) is 11.1 Å². The Balaban J connectivity index is 1.83. The predicted molar refractivity (Wildman–Crippen MR) is 192 cm³/mol. The molecule has 0 aliphatic carbocycles. The second-order valence-electron chi connectivity index (χ2n) is 15.2. The molecular weight excluding hydrogens is 636 g/mol. The summed E-state index contributed by atoms with van der Waals surface area (Å²) < 4.78 is 10.8. The Hall–Kier alpha value is -4.25. The van der Waals surface area contributed by atoms with Crippen LogP contribution in [0.3, 0.4) is 0 Å². The van der Waals surface area contributed by atoms with Crippen molar-refractivity contribution in [2.45, 2.75) is 123 Å². The number of epoxide rings is 1. The van der Waals surface area contributed by atoms with Crippen LogP contribution in [0.25, 0.3) is 0 Å². The standard InChI is InChI=1S/C39H56N4O7/c1-25(2)21-30(33(44)39(8)24-49-39)40-36(47)32(23-28-17-13-10-14-18-28)42-35(46)31(22-26(3)4)41-34(45)29(43-37(48)50-38(5,6)7)20-19-27-15-11-9-12-16-27/h9-18,25-26,29-32H,19-24H2,1-8H3,(H,40,47)(H,41,45)(H,42,46)(H,43,48)/t29-,30+,31?,32-,39?/m0/s1. The van der Waals surface area contributed by atoms with Gasteiger partial charge in [0.05, 0.1) is 12.6 Å². The van der Waals surface area contributed by atoms with Crippen LogP contribution in [-0.2, 0) is 41.5 Å². The third kappa shape index (κ3) is 13.6. The molecule has 11 nitrogen and oxygen atoms in total. The first-order valence-corrected chi connectivity index (χ1v) is 17.6. The van der Waals surface area contributed by atoms with E-state index < -0.39 is 59.2 Å². The number of benzene rings is 2. The third-order valence-electron chi connectivity index (χ3n) is 8.27. The van der Waals surface area contributed by atoms with Crippen molar-refractivity contribution in [1.29, 1.82) is 0 Å². The van der Waals surface area contributed by atoms with E-state index in [1.165, 1.54) is 0 Å². The molecule has 4 N–H and O–H groups in total. The highest BCUT2D eigenvalue weighted by Crippen LogP contribution is 2.29. The first kappa shape index (κ1) is 40.2. The highest BCUT2D eigenvalue weighted by molar-refractivity contribution is 5.98. The van der Waals surface area contributed by atoms with Crippen LogP contribution in [-0.4, -0.2) is 71.6 Å². The molecule has 1 heterocycles. The molecule has 2 unspecified atom stereocenters. The first-order valence-electron chi connectivity index (χ1n) is 17.6. The van der Waals surface area contributed by atoms with Crippen molar-refractivity contribution in [2.24, 2.45) is 11.8 Å². The SMILES string of the molecule is CC(C)CC(NC(=O)[C@H](CCc1ccccc1)NC(=O)OC(C)(C)C)C(=O)N[C@@H](Cc1ccccc1)C(=O)N[C@H](CC(C)C)C(=O)C1(C)CO1. The number of ketones is 1. The highest BCUT2D eigenvalue weighted by Gasteiger charge is 2.50. The molecule has 0 bridgehead atoms. The summed E-state index contributed by atoms with van der Waals surface area (Å²) in [4.78, 5) is 67.8. The van der Waals surface area contributed by atoms with E-state index in [1.54, 1.807) is 27.7 Å². The molecule has 0 aromatic heterocycles. The zero-order valence-corrected chi connectivity index (χ0v) is 30.8. The molecule has 2 aromatic carbocycles. The lowest BCUT2D eigenvalue weighted by molar-refractivity contribution is -0.134. The quantitative estimate of drug-likeness (QED) is 0.166. The molecule has 0 saturated carbocycles. The first-order chi connectivity index (χ1) is 23.5. The number of carbonyl (C=O) groups excluding carboxylic acids is 5. The molecule has 0 spiro atoms. The van der Waals surface area contributed by atoms with Gasteiger partial charge in [0.1, 0.15) is 29.3 Å². The molecule has 5 atom stereocenters. The largest absolute Gasteiger partial charge is 0.444 e. The minimum atomic E-state index is -1.04. The van der Waals surface area contributed by atoms with Gasteiger partial charge < -0.3 is 30.7 Å². The number of Topliss-reactive ketones (excluding diaryl/α,β-unsaturated/α-hetero) is 1. The predicted octanol–water partition coefficient (Wildman–Crippen LogP) is 4.66. The average Bonchev–Trinajstić information content (AvgIpc) is 3.79. The van der Waals surface area contributed by atoms with Gasteiger partial charge in [-0.25, -0.2) is 4.79 Å². The van der Waals surface area contributed by atoms with Crippen molar-refractivity contribution in [3.8, 4) is 0 Å². The topological polar surface area (TPSA) is 155 Å². The number of aryl methyl sites for hydroxylation is 1. The van der Waals surface area contributed by atoms with E-state index in [2.05, 4.69) is 21.3 Å². The smallest absolute Gasteiger partial charge is 0.408 e. The number of rotatable bonds is 18. The van der Waals surface area contributed by atoms with E-state index >= 15 is 0 Å². The lowest BCUT2D eigenvalue weighted by Crippen LogP contribution is -2.59. The molecule has 4 amide bonds. The van der Waals surface area contributed by atoms with Crippen molar-refractivity contribution < 1.29 is 33.4 Å². The summed E-state index contributed by atoms with van der Waals surface area (Å²) in [6.07, 6.45) is 0.867. The number of amides is 4. The Bertz CT molecular complexity index is 1440. The lowest BCUT2D eigenvalue weighted by atomic mass is 9.93. The van der Waals surface area contributed by atoms with Gasteiger partial charge in [-0.1, -0.05) is 88.4 Å². The molecule has 2 aromatic rings. The maximum absolute atomic E-state index is 14.0. The van der Waals surface area contributed by atoms with E-state index in [0.29, 0.717) is 19.4 Å². The molecule has 1 fully saturated rings. The van der Waals surface area contributed by atoms with E-state index in [-0.39, 0.29) is 36.9 Å². The second-order valence-corrected chi connectivity index (χ2v) is 15.2. The van der Waals surface area contributed by atoms with Gasteiger partial charge in [-0.3, -0.25) is 19.2 Å². The summed E-state index contributed by atoms with van der Waals surface area (Å²) in [6, 6.07) is 15.0. The summed E-state index contributed by atoms with van der Waals surface area (Å²) in [7, 11) is 0. The monoisotopic (exact) mass is 692 g/mol. The molecule has 274 valence electrons. The van der Waals surface area contributed by atoms with Crippen molar-refractivity contribution in [1.82, 2.24) is 21.3 Å². The molecule has 0 radical (unpaired) electrons. The molecule has 11 heteroatoms. The van der Waals surface area contributed by atoms with Crippen LogP contribution in [0.2, 0.25) is 0 Å². The van der Waals surface area contributed by atoms with Gasteiger partial charge in [0, 0.05) is 6.42 Å². The number of nitrogens with one attached hydrogen (secondary N) is 4. The van der Waals surface area contributed by atoms with E-state index in [1.807, 2.05) is 88.4 Å². The molecular formula is C39H56N4O7.